The van der Waals surface area contributed by atoms with E-state index in [-0.39, 0.29) is 0 Å². The molecule has 0 saturated carbocycles. The fourth-order valence-electron chi connectivity index (χ4n) is 3.08. The third kappa shape index (κ3) is 2.39. The van der Waals surface area contributed by atoms with Gasteiger partial charge in [0.05, 0.1) is 17.3 Å². The largest absolute Gasteiger partial charge is 0.379 e. The van der Waals surface area contributed by atoms with Gasteiger partial charge in [-0.1, -0.05) is 6.07 Å². The van der Waals surface area contributed by atoms with Crippen molar-refractivity contribution in [1.82, 2.24) is 19.9 Å². The maximum Gasteiger partial charge on any atom is 0.127 e. The monoisotopic (exact) mass is 338 g/mol. The minimum absolute atomic E-state index is 0.797. The molecule has 0 fully saturated rings. The van der Waals surface area contributed by atoms with Crippen LogP contribution < -0.4 is 5.32 Å². The average molecular weight is 338 g/mol. The molecule has 1 aliphatic rings. The lowest BCUT2D eigenvalue weighted by molar-refractivity contribution is 0.0916. The van der Waals surface area contributed by atoms with E-state index in [1.54, 1.807) is 24.3 Å². The Morgan fingerprint density at radius 3 is 2.92 bits per heavy atom. The maximum absolute atomic E-state index is 11.0. The Kier molecular flexibility index (Phi) is 3.58. The Hall–Kier alpha value is -2.31. The molecule has 1 aliphatic heterocycles. The van der Waals surface area contributed by atoms with Gasteiger partial charge in [-0.15, -0.1) is 11.8 Å². The van der Waals surface area contributed by atoms with Gasteiger partial charge < -0.3 is 15.0 Å². The Bertz CT molecular complexity index is 931. The molecule has 24 heavy (non-hydrogen) atoms. The number of hydrogen-bond donors (Lipinski definition) is 2. The predicted molar refractivity (Wildman–Crippen MR) is 97.2 cm³/mol. The van der Waals surface area contributed by atoms with Crippen molar-refractivity contribution in [3.05, 3.63) is 59.7 Å². The van der Waals surface area contributed by atoms with E-state index in [0.717, 1.165) is 39.3 Å². The van der Waals surface area contributed by atoms with E-state index < -0.39 is 5.60 Å². The first-order valence-corrected chi connectivity index (χ1v) is 8.76. The summed E-state index contributed by atoms with van der Waals surface area (Å²) >= 11 is 1.66. The molecule has 1 unspecified atom stereocenters. The van der Waals surface area contributed by atoms with Gasteiger partial charge in [-0.05, 0) is 36.1 Å². The minimum Gasteiger partial charge on any atom is -0.379 e. The lowest BCUT2D eigenvalue weighted by Gasteiger charge is -2.25. The van der Waals surface area contributed by atoms with E-state index >= 15 is 0 Å². The summed E-state index contributed by atoms with van der Waals surface area (Å²) in [7, 11) is 2.02. The van der Waals surface area contributed by atoms with E-state index in [1.165, 1.54) is 0 Å². The van der Waals surface area contributed by atoms with E-state index in [4.69, 9.17) is 0 Å². The van der Waals surface area contributed by atoms with Gasteiger partial charge in [0.15, 0.2) is 0 Å². The number of aromatic nitrogens is 3. The quantitative estimate of drug-likeness (QED) is 0.769. The summed E-state index contributed by atoms with van der Waals surface area (Å²) in [6.07, 6.45) is 5.36. The van der Waals surface area contributed by atoms with Crippen LogP contribution in [0.15, 0.2) is 54.1 Å². The van der Waals surface area contributed by atoms with Gasteiger partial charge in [-0.2, -0.15) is 0 Å². The molecular weight excluding hydrogens is 320 g/mol. The first-order chi connectivity index (χ1) is 11.6. The van der Waals surface area contributed by atoms with Gasteiger partial charge in [0.1, 0.15) is 11.9 Å². The lowest BCUT2D eigenvalue weighted by atomic mass is 9.91. The van der Waals surface area contributed by atoms with Crippen molar-refractivity contribution in [2.45, 2.75) is 12.5 Å². The first-order valence-electron chi connectivity index (χ1n) is 7.72. The van der Waals surface area contributed by atoms with Gasteiger partial charge in [0.25, 0.3) is 0 Å². The van der Waals surface area contributed by atoms with Crippen LogP contribution in [0.1, 0.15) is 12.5 Å². The molecule has 0 spiro atoms. The molecule has 122 valence electrons. The van der Waals surface area contributed by atoms with Crippen LogP contribution in [0.2, 0.25) is 0 Å². The standard InChI is InChI=1S/C18H18N4OS/c1-18(23,17-9-24-11-21-17)12-3-4-16-13(7-12)14(8-22(16)2)15-5-6-19-10-20-15/h3-10,21,23H,11H2,1-2H3. The Morgan fingerprint density at radius 1 is 1.33 bits per heavy atom. The highest BCUT2D eigenvalue weighted by Gasteiger charge is 2.30. The molecule has 1 atom stereocenters. The second-order valence-electron chi connectivity index (χ2n) is 6.07. The molecule has 0 radical (unpaired) electrons. The van der Waals surface area contributed by atoms with Crippen LogP contribution >= 0.6 is 11.8 Å². The third-order valence-electron chi connectivity index (χ3n) is 4.48. The highest BCUT2D eigenvalue weighted by atomic mass is 32.2. The molecule has 1 aromatic carbocycles. The number of fused-ring (bicyclic) bond motifs is 1. The number of aryl methyl sites for hydroxylation is 1. The number of aliphatic hydroxyl groups is 1. The summed E-state index contributed by atoms with van der Waals surface area (Å²) in [5.74, 6) is 0.797. The summed E-state index contributed by atoms with van der Waals surface area (Å²) in [6.45, 7) is 1.83. The molecule has 3 heterocycles. The molecule has 2 aromatic heterocycles. The van der Waals surface area contributed by atoms with E-state index in [0.29, 0.717) is 0 Å². The normalized spacial score (nSPS) is 16.7. The second-order valence-corrected chi connectivity index (χ2v) is 6.93. The van der Waals surface area contributed by atoms with Gasteiger partial charge in [0.2, 0.25) is 0 Å². The van der Waals surface area contributed by atoms with Gasteiger partial charge in [-0.3, -0.25) is 0 Å². The topological polar surface area (TPSA) is 63.0 Å². The summed E-state index contributed by atoms with van der Waals surface area (Å²) in [6, 6.07) is 7.99. The van der Waals surface area contributed by atoms with E-state index in [1.807, 2.05) is 37.6 Å². The van der Waals surface area contributed by atoms with Crippen molar-refractivity contribution in [2.75, 3.05) is 5.88 Å². The van der Waals surface area contributed by atoms with Gasteiger partial charge in [0, 0.05) is 35.9 Å². The van der Waals surface area contributed by atoms with Crippen LogP contribution in [-0.4, -0.2) is 25.5 Å². The third-order valence-corrected chi connectivity index (χ3v) is 5.19. The van der Waals surface area contributed by atoms with Crippen molar-refractivity contribution >= 4 is 22.7 Å². The molecule has 6 heteroatoms. The van der Waals surface area contributed by atoms with Gasteiger partial charge in [-0.25, -0.2) is 9.97 Å². The molecule has 0 saturated heterocycles. The molecule has 5 nitrogen and oxygen atoms in total. The summed E-state index contributed by atoms with van der Waals surface area (Å²) in [4.78, 5) is 8.36. The molecule has 2 N–H and O–H groups in total. The first kappa shape index (κ1) is 15.2. The zero-order valence-electron chi connectivity index (χ0n) is 13.5. The summed E-state index contributed by atoms with van der Waals surface area (Å²) < 4.78 is 2.08. The molecule has 4 rings (SSSR count). The molecule has 0 aliphatic carbocycles. The fraction of sp³-hybridized carbons (Fsp3) is 0.222. The van der Waals surface area contributed by atoms with Crippen molar-refractivity contribution in [3.63, 3.8) is 0 Å². The summed E-state index contributed by atoms with van der Waals surface area (Å²) in [5, 5.41) is 17.3. The number of nitrogens with zero attached hydrogens (tertiary/aromatic N) is 3. The summed E-state index contributed by atoms with van der Waals surface area (Å²) in [5.41, 5.74) is 3.67. The SMILES string of the molecule is Cn1cc(-c2ccncn2)c2cc(C(C)(O)C3=CSCN3)ccc21. The van der Waals surface area contributed by atoms with Crippen molar-refractivity contribution in [2.24, 2.45) is 7.05 Å². The lowest BCUT2D eigenvalue weighted by Crippen LogP contribution is -2.30. The van der Waals surface area contributed by atoms with Crippen LogP contribution in [-0.2, 0) is 12.6 Å². The van der Waals surface area contributed by atoms with Crippen LogP contribution in [0.25, 0.3) is 22.2 Å². The van der Waals surface area contributed by atoms with E-state index in [2.05, 4.69) is 32.1 Å². The molecule has 3 aromatic rings. The number of nitrogens with one attached hydrogen (secondary N) is 1. The van der Waals surface area contributed by atoms with Crippen LogP contribution in [0.5, 0.6) is 0 Å². The smallest absolute Gasteiger partial charge is 0.127 e. The fourth-order valence-corrected chi connectivity index (χ4v) is 3.88. The van der Waals surface area contributed by atoms with Crippen LogP contribution in [0.3, 0.4) is 0 Å². The average Bonchev–Trinajstić information content (AvgIpc) is 3.24. The highest BCUT2D eigenvalue weighted by Crippen LogP contribution is 2.36. The number of benzene rings is 1. The minimum atomic E-state index is -1.05. The second kappa shape index (κ2) is 5.65. The molecule has 0 bridgehead atoms. The molecule has 0 amide bonds. The van der Waals surface area contributed by atoms with Crippen molar-refractivity contribution in [1.29, 1.82) is 0 Å². The van der Waals surface area contributed by atoms with Gasteiger partial charge >= 0.3 is 0 Å². The Morgan fingerprint density at radius 2 is 2.21 bits per heavy atom. The Labute approximate surface area is 144 Å². The van der Waals surface area contributed by atoms with Crippen LogP contribution in [0.4, 0.5) is 0 Å². The van der Waals surface area contributed by atoms with E-state index in [9.17, 15) is 5.11 Å². The highest BCUT2D eigenvalue weighted by molar-refractivity contribution is 8.02. The maximum atomic E-state index is 11.0. The number of hydrogen-bond acceptors (Lipinski definition) is 5. The van der Waals surface area contributed by atoms with Crippen molar-refractivity contribution in [3.8, 4) is 11.3 Å². The van der Waals surface area contributed by atoms with Crippen molar-refractivity contribution < 1.29 is 5.11 Å². The number of thioether (sulfide) groups is 1. The number of rotatable bonds is 3. The molecular formula is C18H18N4OS. The zero-order valence-corrected chi connectivity index (χ0v) is 14.3. The zero-order chi connectivity index (χ0) is 16.7. The van der Waals surface area contributed by atoms with Crippen LogP contribution in [0, 0.1) is 0 Å². The Balaban J connectivity index is 1.89. The predicted octanol–water partition coefficient (Wildman–Crippen LogP) is 2.98.